The molecule has 0 amide bonds. The molecule has 2 rings (SSSR count). The number of halogens is 1. The standard InChI is InChI=1S/C15H20FN3S/c1-11(2)17-7-12-4-5-15(14(16)6-12)19(3)8-13-9-20-10-18-13/h4-6,9-11,17H,7-8H2,1-3H3. The van der Waals surface area contributed by atoms with Gasteiger partial charge in [0, 0.05) is 25.0 Å². The van der Waals surface area contributed by atoms with E-state index in [1.165, 1.54) is 0 Å². The maximum absolute atomic E-state index is 14.2. The molecule has 2 aromatic rings. The van der Waals surface area contributed by atoms with Crippen molar-refractivity contribution in [3.05, 3.63) is 46.2 Å². The van der Waals surface area contributed by atoms with Gasteiger partial charge in [0.05, 0.1) is 23.4 Å². The Morgan fingerprint density at radius 1 is 1.40 bits per heavy atom. The Morgan fingerprint density at radius 2 is 2.20 bits per heavy atom. The van der Waals surface area contributed by atoms with Crippen molar-refractivity contribution in [2.24, 2.45) is 0 Å². The number of hydrogen-bond donors (Lipinski definition) is 1. The van der Waals surface area contributed by atoms with Crippen LogP contribution in [0.1, 0.15) is 25.1 Å². The van der Waals surface area contributed by atoms with E-state index in [-0.39, 0.29) is 5.82 Å². The van der Waals surface area contributed by atoms with E-state index in [1.54, 1.807) is 22.9 Å². The summed E-state index contributed by atoms with van der Waals surface area (Å²) in [4.78, 5) is 6.10. The first kappa shape index (κ1) is 14.9. The molecule has 0 aliphatic rings. The summed E-state index contributed by atoms with van der Waals surface area (Å²) in [6.45, 7) is 5.45. The first-order chi connectivity index (χ1) is 9.56. The van der Waals surface area contributed by atoms with E-state index in [4.69, 9.17) is 0 Å². The summed E-state index contributed by atoms with van der Waals surface area (Å²) < 4.78 is 14.2. The minimum atomic E-state index is -0.189. The van der Waals surface area contributed by atoms with Crippen LogP contribution in [-0.2, 0) is 13.1 Å². The third-order valence-corrected chi connectivity index (χ3v) is 3.66. The van der Waals surface area contributed by atoms with Gasteiger partial charge in [0.1, 0.15) is 5.82 Å². The fourth-order valence-corrected chi connectivity index (χ4v) is 2.49. The molecule has 20 heavy (non-hydrogen) atoms. The fraction of sp³-hybridized carbons (Fsp3) is 0.400. The molecule has 0 spiro atoms. The molecule has 1 aromatic carbocycles. The van der Waals surface area contributed by atoms with Gasteiger partial charge in [0.2, 0.25) is 0 Å². The van der Waals surface area contributed by atoms with Crippen molar-refractivity contribution < 1.29 is 4.39 Å². The Kier molecular flexibility index (Phi) is 5.09. The van der Waals surface area contributed by atoms with Gasteiger partial charge in [0.25, 0.3) is 0 Å². The van der Waals surface area contributed by atoms with Gasteiger partial charge in [-0.3, -0.25) is 0 Å². The molecule has 0 bridgehead atoms. The highest BCUT2D eigenvalue weighted by atomic mass is 32.1. The summed E-state index contributed by atoms with van der Waals surface area (Å²) in [6, 6.07) is 5.79. The van der Waals surface area contributed by atoms with Crippen LogP contribution in [0.2, 0.25) is 0 Å². The lowest BCUT2D eigenvalue weighted by atomic mass is 10.1. The smallest absolute Gasteiger partial charge is 0.146 e. The lowest BCUT2D eigenvalue weighted by Gasteiger charge is -2.19. The lowest BCUT2D eigenvalue weighted by molar-refractivity contribution is 0.580. The van der Waals surface area contributed by atoms with Crippen LogP contribution in [0.15, 0.2) is 29.1 Å². The van der Waals surface area contributed by atoms with Crippen LogP contribution >= 0.6 is 11.3 Å². The van der Waals surface area contributed by atoms with Crippen LogP contribution in [0.3, 0.4) is 0 Å². The highest BCUT2D eigenvalue weighted by Gasteiger charge is 2.10. The van der Waals surface area contributed by atoms with Gasteiger partial charge in [-0.15, -0.1) is 11.3 Å². The Bertz CT molecular complexity index is 540. The second-order valence-corrected chi connectivity index (χ2v) is 5.88. The molecule has 5 heteroatoms. The van der Waals surface area contributed by atoms with E-state index < -0.39 is 0 Å². The Balaban J connectivity index is 2.05. The third-order valence-electron chi connectivity index (χ3n) is 3.02. The fourth-order valence-electron chi connectivity index (χ4n) is 1.94. The highest BCUT2D eigenvalue weighted by molar-refractivity contribution is 7.07. The Labute approximate surface area is 123 Å². The SMILES string of the molecule is CC(C)NCc1ccc(N(C)Cc2cscn2)c(F)c1. The van der Waals surface area contributed by atoms with Crippen molar-refractivity contribution in [1.82, 2.24) is 10.3 Å². The van der Waals surface area contributed by atoms with Crippen molar-refractivity contribution in [3.8, 4) is 0 Å². The molecule has 0 fully saturated rings. The van der Waals surface area contributed by atoms with Gasteiger partial charge in [-0.2, -0.15) is 0 Å². The van der Waals surface area contributed by atoms with Crippen molar-refractivity contribution >= 4 is 17.0 Å². The van der Waals surface area contributed by atoms with E-state index in [0.29, 0.717) is 24.8 Å². The minimum absolute atomic E-state index is 0.189. The molecule has 3 nitrogen and oxygen atoms in total. The van der Waals surface area contributed by atoms with Crippen LogP contribution in [-0.4, -0.2) is 18.1 Å². The quantitative estimate of drug-likeness (QED) is 0.884. The molecule has 0 radical (unpaired) electrons. The first-order valence-corrected chi connectivity index (χ1v) is 7.60. The van der Waals surface area contributed by atoms with Gasteiger partial charge in [0.15, 0.2) is 0 Å². The monoisotopic (exact) mass is 293 g/mol. The predicted octanol–water partition coefficient (Wildman–Crippen LogP) is 3.42. The number of benzene rings is 1. The molecule has 0 aliphatic heterocycles. The number of hydrogen-bond acceptors (Lipinski definition) is 4. The maximum atomic E-state index is 14.2. The Hall–Kier alpha value is -1.46. The van der Waals surface area contributed by atoms with Crippen LogP contribution in [0.4, 0.5) is 10.1 Å². The topological polar surface area (TPSA) is 28.2 Å². The minimum Gasteiger partial charge on any atom is -0.366 e. The largest absolute Gasteiger partial charge is 0.366 e. The first-order valence-electron chi connectivity index (χ1n) is 6.66. The molecule has 1 heterocycles. The summed E-state index contributed by atoms with van der Waals surface area (Å²) in [5.41, 5.74) is 4.32. The van der Waals surface area contributed by atoms with E-state index in [1.807, 2.05) is 29.5 Å². The van der Waals surface area contributed by atoms with Crippen molar-refractivity contribution in [3.63, 3.8) is 0 Å². The summed E-state index contributed by atoms with van der Waals surface area (Å²) in [6.07, 6.45) is 0. The molecule has 0 aliphatic carbocycles. The second-order valence-electron chi connectivity index (χ2n) is 5.16. The van der Waals surface area contributed by atoms with Gasteiger partial charge < -0.3 is 10.2 Å². The van der Waals surface area contributed by atoms with Crippen LogP contribution in [0, 0.1) is 5.82 Å². The third kappa shape index (κ3) is 4.02. The lowest BCUT2D eigenvalue weighted by Crippen LogP contribution is -2.22. The van der Waals surface area contributed by atoms with Crippen molar-refractivity contribution in [1.29, 1.82) is 0 Å². The predicted molar refractivity (Wildman–Crippen MR) is 82.6 cm³/mol. The van der Waals surface area contributed by atoms with Crippen LogP contribution in [0.5, 0.6) is 0 Å². The number of nitrogens with one attached hydrogen (secondary N) is 1. The molecule has 0 saturated heterocycles. The number of anilines is 1. The molecule has 0 atom stereocenters. The summed E-state index contributed by atoms with van der Waals surface area (Å²) in [5, 5.41) is 5.27. The van der Waals surface area contributed by atoms with Crippen LogP contribution < -0.4 is 10.2 Å². The number of aromatic nitrogens is 1. The molecule has 108 valence electrons. The van der Waals surface area contributed by atoms with E-state index in [2.05, 4.69) is 24.1 Å². The average molecular weight is 293 g/mol. The summed E-state index contributed by atoms with van der Waals surface area (Å²) in [5.74, 6) is -0.189. The van der Waals surface area contributed by atoms with Gasteiger partial charge in [-0.25, -0.2) is 9.37 Å². The van der Waals surface area contributed by atoms with Gasteiger partial charge >= 0.3 is 0 Å². The van der Waals surface area contributed by atoms with E-state index >= 15 is 0 Å². The molecular weight excluding hydrogens is 273 g/mol. The second kappa shape index (κ2) is 6.81. The molecule has 1 N–H and O–H groups in total. The maximum Gasteiger partial charge on any atom is 0.146 e. The average Bonchev–Trinajstić information content (AvgIpc) is 2.89. The number of rotatable bonds is 6. The number of nitrogens with zero attached hydrogens (tertiary/aromatic N) is 2. The molecular formula is C15H20FN3S. The molecule has 0 unspecified atom stereocenters. The zero-order valence-electron chi connectivity index (χ0n) is 12.1. The molecule has 0 saturated carbocycles. The summed E-state index contributed by atoms with van der Waals surface area (Å²) >= 11 is 1.55. The van der Waals surface area contributed by atoms with Crippen LogP contribution in [0.25, 0.3) is 0 Å². The van der Waals surface area contributed by atoms with Crippen molar-refractivity contribution in [2.45, 2.75) is 33.0 Å². The molecule has 1 aromatic heterocycles. The van der Waals surface area contributed by atoms with E-state index in [9.17, 15) is 4.39 Å². The van der Waals surface area contributed by atoms with Gasteiger partial charge in [-0.05, 0) is 17.7 Å². The summed E-state index contributed by atoms with van der Waals surface area (Å²) in [7, 11) is 1.88. The van der Waals surface area contributed by atoms with Crippen molar-refractivity contribution in [2.75, 3.05) is 11.9 Å². The van der Waals surface area contributed by atoms with Gasteiger partial charge in [-0.1, -0.05) is 19.9 Å². The highest BCUT2D eigenvalue weighted by Crippen LogP contribution is 2.21. The number of thiazole rings is 1. The Morgan fingerprint density at radius 3 is 2.80 bits per heavy atom. The normalized spacial score (nSPS) is 11.1. The van der Waals surface area contributed by atoms with E-state index in [0.717, 1.165) is 11.3 Å². The zero-order valence-corrected chi connectivity index (χ0v) is 12.9. The zero-order chi connectivity index (χ0) is 14.5.